The number of para-hydroxylation sites is 1. The number of likely N-dealkylation sites (N-methyl/N-ethyl adjacent to an activating group) is 1. The highest BCUT2D eigenvalue weighted by atomic mass is 32.1. The molecule has 0 radical (unpaired) electrons. The van der Waals surface area contributed by atoms with E-state index in [1.807, 2.05) is 11.3 Å². The lowest BCUT2D eigenvalue weighted by Gasteiger charge is -2.22. The molecule has 1 aliphatic heterocycles. The zero-order valence-corrected chi connectivity index (χ0v) is 14.5. The predicted octanol–water partition coefficient (Wildman–Crippen LogP) is 5.27. The van der Waals surface area contributed by atoms with E-state index in [1.165, 1.54) is 32.2 Å². The number of hydrogen-bond acceptors (Lipinski definition) is 3. The summed E-state index contributed by atoms with van der Waals surface area (Å²) in [5, 5.41) is 4.78. The topological polar surface area (TPSA) is 16.4 Å². The van der Waals surface area contributed by atoms with Crippen LogP contribution in [0.5, 0.6) is 0 Å². The van der Waals surface area contributed by atoms with Crippen molar-refractivity contribution < 1.29 is 4.42 Å². The Morgan fingerprint density at radius 2 is 2.00 bits per heavy atom. The number of thiophene rings is 1. The molecule has 4 aromatic rings. The van der Waals surface area contributed by atoms with Gasteiger partial charge in [-0.2, -0.15) is 0 Å². The summed E-state index contributed by atoms with van der Waals surface area (Å²) in [6.07, 6.45) is 2.92. The smallest absolute Gasteiger partial charge is 0.137 e. The first-order chi connectivity index (χ1) is 11.8. The molecule has 1 aliphatic rings. The van der Waals surface area contributed by atoms with E-state index in [1.54, 1.807) is 6.26 Å². The SMILES string of the molecule is CN1CCc2c(ccc3ccsc23)C(c2cccc3ccoc23)C1. The third-order valence-electron chi connectivity index (χ3n) is 5.26. The molecule has 0 fully saturated rings. The van der Waals surface area contributed by atoms with E-state index in [0.29, 0.717) is 5.92 Å². The first kappa shape index (κ1) is 14.3. The van der Waals surface area contributed by atoms with Crippen LogP contribution in [0.4, 0.5) is 0 Å². The molecule has 2 nitrogen and oxygen atoms in total. The highest BCUT2D eigenvalue weighted by Crippen LogP contribution is 2.39. The Bertz CT molecular complexity index is 1030. The first-order valence-electron chi connectivity index (χ1n) is 8.45. The lowest BCUT2D eigenvalue weighted by Crippen LogP contribution is -2.24. The van der Waals surface area contributed by atoms with Gasteiger partial charge in [-0.3, -0.25) is 0 Å². The molecule has 0 N–H and O–H groups in total. The molecule has 24 heavy (non-hydrogen) atoms. The summed E-state index contributed by atoms with van der Waals surface area (Å²) in [5.41, 5.74) is 5.34. The van der Waals surface area contributed by atoms with Crippen LogP contribution in [0.2, 0.25) is 0 Å². The van der Waals surface area contributed by atoms with Gasteiger partial charge >= 0.3 is 0 Å². The second kappa shape index (κ2) is 5.47. The van der Waals surface area contributed by atoms with E-state index < -0.39 is 0 Å². The van der Waals surface area contributed by atoms with Crippen LogP contribution in [0, 0.1) is 0 Å². The van der Waals surface area contributed by atoms with Crippen molar-refractivity contribution in [3.05, 3.63) is 70.8 Å². The summed E-state index contributed by atoms with van der Waals surface area (Å²) in [6.45, 7) is 2.14. The average Bonchev–Trinajstić information content (AvgIpc) is 3.23. The number of rotatable bonds is 1. The zero-order chi connectivity index (χ0) is 16.1. The van der Waals surface area contributed by atoms with Crippen molar-refractivity contribution in [2.75, 3.05) is 20.1 Å². The number of nitrogens with zero attached hydrogens (tertiary/aromatic N) is 1. The van der Waals surface area contributed by atoms with Gasteiger partial charge in [0.05, 0.1) is 6.26 Å². The molecule has 0 spiro atoms. The number of benzene rings is 2. The van der Waals surface area contributed by atoms with Gasteiger partial charge in [-0.25, -0.2) is 0 Å². The Hall–Kier alpha value is -2.10. The van der Waals surface area contributed by atoms with Crippen molar-refractivity contribution in [3.8, 4) is 0 Å². The molecule has 0 amide bonds. The molecular weight excluding hydrogens is 314 g/mol. The monoisotopic (exact) mass is 333 g/mol. The molecule has 1 unspecified atom stereocenters. The van der Waals surface area contributed by atoms with Crippen molar-refractivity contribution in [2.45, 2.75) is 12.3 Å². The van der Waals surface area contributed by atoms with Crippen LogP contribution in [-0.4, -0.2) is 25.0 Å². The Morgan fingerprint density at radius 1 is 1.04 bits per heavy atom. The van der Waals surface area contributed by atoms with Crippen molar-refractivity contribution in [2.24, 2.45) is 0 Å². The van der Waals surface area contributed by atoms with E-state index in [0.717, 1.165) is 25.1 Å². The van der Waals surface area contributed by atoms with E-state index in [2.05, 4.69) is 59.8 Å². The van der Waals surface area contributed by atoms with Gasteiger partial charge in [0.2, 0.25) is 0 Å². The first-order valence-corrected chi connectivity index (χ1v) is 9.33. The molecule has 2 aromatic heterocycles. The van der Waals surface area contributed by atoms with Crippen LogP contribution < -0.4 is 0 Å². The maximum Gasteiger partial charge on any atom is 0.137 e. The minimum absolute atomic E-state index is 0.355. The maximum atomic E-state index is 5.85. The minimum atomic E-state index is 0.355. The highest BCUT2D eigenvalue weighted by molar-refractivity contribution is 7.17. The normalized spacial score (nSPS) is 18.8. The zero-order valence-electron chi connectivity index (χ0n) is 13.7. The van der Waals surface area contributed by atoms with Crippen molar-refractivity contribution in [1.82, 2.24) is 4.90 Å². The fraction of sp³-hybridized carbons (Fsp3) is 0.238. The van der Waals surface area contributed by atoms with Gasteiger partial charge in [0.25, 0.3) is 0 Å². The second-order valence-corrected chi connectivity index (χ2v) is 7.64. The van der Waals surface area contributed by atoms with Gasteiger partial charge in [0.1, 0.15) is 5.58 Å². The average molecular weight is 333 g/mol. The molecule has 0 saturated heterocycles. The fourth-order valence-electron chi connectivity index (χ4n) is 4.05. The molecule has 3 heteroatoms. The summed E-state index contributed by atoms with van der Waals surface area (Å²) >= 11 is 1.87. The van der Waals surface area contributed by atoms with Gasteiger partial charge in [0.15, 0.2) is 0 Å². The van der Waals surface area contributed by atoms with Crippen LogP contribution in [0.15, 0.2) is 58.5 Å². The van der Waals surface area contributed by atoms with Gasteiger partial charge in [-0.05, 0) is 47.5 Å². The predicted molar refractivity (Wildman–Crippen MR) is 101 cm³/mol. The molecule has 3 heterocycles. The van der Waals surface area contributed by atoms with Gasteiger partial charge in [-0.1, -0.05) is 30.3 Å². The lowest BCUT2D eigenvalue weighted by molar-refractivity contribution is 0.338. The van der Waals surface area contributed by atoms with Crippen LogP contribution >= 0.6 is 11.3 Å². The molecule has 2 aromatic carbocycles. The van der Waals surface area contributed by atoms with E-state index in [9.17, 15) is 0 Å². The van der Waals surface area contributed by atoms with Crippen LogP contribution in [0.1, 0.15) is 22.6 Å². The molecule has 0 aliphatic carbocycles. The summed E-state index contributed by atoms with van der Waals surface area (Å²) in [4.78, 5) is 2.45. The number of hydrogen-bond donors (Lipinski definition) is 0. The molecule has 5 rings (SSSR count). The fourth-order valence-corrected chi connectivity index (χ4v) is 5.04. The van der Waals surface area contributed by atoms with Crippen molar-refractivity contribution >= 4 is 32.4 Å². The summed E-state index contributed by atoms with van der Waals surface area (Å²) in [7, 11) is 2.23. The third kappa shape index (κ3) is 2.12. The van der Waals surface area contributed by atoms with Gasteiger partial charge in [0, 0.05) is 34.7 Å². The second-order valence-electron chi connectivity index (χ2n) is 6.72. The standard InChI is InChI=1S/C21H19NOS/c1-22-10-7-18-16(6-5-15-9-12-24-21(15)18)19(13-22)17-4-2-3-14-8-11-23-20(14)17/h2-6,8-9,11-12,19H,7,10,13H2,1H3. The van der Waals surface area contributed by atoms with Crippen molar-refractivity contribution in [1.29, 1.82) is 0 Å². The molecule has 0 saturated carbocycles. The Kier molecular flexibility index (Phi) is 3.25. The van der Waals surface area contributed by atoms with Gasteiger partial charge < -0.3 is 9.32 Å². The molecule has 0 bridgehead atoms. The summed E-state index contributed by atoms with van der Waals surface area (Å²) in [6, 6.07) is 15.4. The Balaban J connectivity index is 1.77. The third-order valence-corrected chi connectivity index (χ3v) is 6.25. The van der Waals surface area contributed by atoms with E-state index in [-0.39, 0.29) is 0 Å². The molecule has 120 valence electrons. The molecular formula is C21H19NOS. The van der Waals surface area contributed by atoms with Crippen LogP contribution in [0.25, 0.3) is 21.1 Å². The Labute approximate surface area is 145 Å². The number of furan rings is 1. The van der Waals surface area contributed by atoms with Gasteiger partial charge in [-0.15, -0.1) is 11.3 Å². The largest absolute Gasteiger partial charge is 0.464 e. The number of fused-ring (bicyclic) bond motifs is 4. The highest BCUT2D eigenvalue weighted by Gasteiger charge is 2.26. The maximum absolute atomic E-state index is 5.85. The summed E-state index contributed by atoms with van der Waals surface area (Å²) in [5.74, 6) is 0.355. The van der Waals surface area contributed by atoms with Crippen LogP contribution in [-0.2, 0) is 6.42 Å². The minimum Gasteiger partial charge on any atom is -0.464 e. The Morgan fingerprint density at radius 3 is 2.96 bits per heavy atom. The van der Waals surface area contributed by atoms with Crippen molar-refractivity contribution in [3.63, 3.8) is 0 Å². The molecule has 1 atom stereocenters. The van der Waals surface area contributed by atoms with E-state index >= 15 is 0 Å². The quantitative estimate of drug-likeness (QED) is 0.472. The van der Waals surface area contributed by atoms with Crippen LogP contribution in [0.3, 0.4) is 0 Å². The lowest BCUT2D eigenvalue weighted by atomic mass is 9.87. The van der Waals surface area contributed by atoms with E-state index in [4.69, 9.17) is 4.42 Å². The summed E-state index contributed by atoms with van der Waals surface area (Å²) < 4.78 is 7.31.